The molecular formula is C27H33N3O2. The molecule has 0 aliphatic carbocycles. The molecule has 5 heteroatoms. The molecule has 0 radical (unpaired) electrons. The van der Waals surface area contributed by atoms with Crippen molar-refractivity contribution in [1.82, 2.24) is 15.5 Å². The number of benzene rings is 2. The Labute approximate surface area is 190 Å². The van der Waals surface area contributed by atoms with Gasteiger partial charge in [-0.1, -0.05) is 36.4 Å². The van der Waals surface area contributed by atoms with Crippen LogP contribution in [0, 0.1) is 19.8 Å². The van der Waals surface area contributed by atoms with E-state index in [1.54, 1.807) is 0 Å². The van der Waals surface area contributed by atoms with E-state index in [0.29, 0.717) is 0 Å². The Morgan fingerprint density at radius 2 is 2.00 bits per heavy atom. The summed E-state index contributed by atoms with van der Waals surface area (Å²) >= 11 is 0. The van der Waals surface area contributed by atoms with Gasteiger partial charge in [0.2, 0.25) is 5.91 Å². The third-order valence-corrected chi connectivity index (χ3v) is 7.84. The SMILES string of the molecule is Cc1cc2c(c(C(=O)N[C@H](C)c3ccccc3)c1C)[C@@H]1C[C@H]3NCCC[C@H]3C(=O)N1CC2. The van der Waals surface area contributed by atoms with Crippen molar-refractivity contribution in [2.24, 2.45) is 5.92 Å². The number of aryl methyl sites for hydroxylation is 1. The molecule has 0 saturated carbocycles. The summed E-state index contributed by atoms with van der Waals surface area (Å²) in [6.45, 7) is 7.89. The van der Waals surface area contributed by atoms with Gasteiger partial charge in [0.05, 0.1) is 18.0 Å². The van der Waals surface area contributed by atoms with Crippen LogP contribution in [0.25, 0.3) is 0 Å². The van der Waals surface area contributed by atoms with Crippen molar-refractivity contribution in [3.8, 4) is 0 Å². The van der Waals surface area contributed by atoms with E-state index in [4.69, 9.17) is 0 Å². The summed E-state index contributed by atoms with van der Waals surface area (Å²) in [7, 11) is 0. The van der Waals surface area contributed by atoms with Gasteiger partial charge < -0.3 is 15.5 Å². The lowest BCUT2D eigenvalue weighted by Crippen LogP contribution is -2.58. The summed E-state index contributed by atoms with van der Waals surface area (Å²) in [5.41, 5.74) is 6.34. The average Bonchev–Trinajstić information content (AvgIpc) is 2.80. The van der Waals surface area contributed by atoms with Gasteiger partial charge in [-0.3, -0.25) is 9.59 Å². The molecule has 2 aromatic rings. The Bertz CT molecular complexity index is 1050. The maximum Gasteiger partial charge on any atom is 0.252 e. The number of fused-ring (bicyclic) bond motifs is 4. The van der Waals surface area contributed by atoms with E-state index in [1.165, 1.54) is 5.56 Å². The molecule has 2 fully saturated rings. The molecule has 2 N–H and O–H groups in total. The number of piperidine rings is 2. The van der Waals surface area contributed by atoms with E-state index in [2.05, 4.69) is 28.5 Å². The number of amides is 2. The van der Waals surface area contributed by atoms with Gasteiger partial charge in [-0.2, -0.15) is 0 Å². The maximum absolute atomic E-state index is 13.7. The minimum atomic E-state index is -0.0867. The molecule has 5 nitrogen and oxygen atoms in total. The lowest BCUT2D eigenvalue weighted by molar-refractivity contribution is -0.145. The summed E-state index contributed by atoms with van der Waals surface area (Å²) in [6.07, 6.45) is 3.74. The van der Waals surface area contributed by atoms with Crippen molar-refractivity contribution in [3.63, 3.8) is 0 Å². The zero-order valence-electron chi connectivity index (χ0n) is 19.3. The smallest absolute Gasteiger partial charge is 0.252 e. The van der Waals surface area contributed by atoms with Crippen LogP contribution in [-0.2, 0) is 11.2 Å². The molecule has 3 aliphatic heterocycles. The molecule has 0 spiro atoms. The number of hydrogen-bond donors (Lipinski definition) is 2. The Morgan fingerprint density at radius 3 is 2.78 bits per heavy atom. The molecule has 3 heterocycles. The first-order valence-corrected chi connectivity index (χ1v) is 12.0. The molecule has 3 aliphatic rings. The van der Waals surface area contributed by atoms with Gasteiger partial charge in [-0.15, -0.1) is 0 Å². The second-order valence-corrected chi connectivity index (χ2v) is 9.71. The Kier molecular flexibility index (Phi) is 5.54. The lowest BCUT2D eigenvalue weighted by atomic mass is 9.74. The minimum Gasteiger partial charge on any atom is -0.346 e. The summed E-state index contributed by atoms with van der Waals surface area (Å²) in [6, 6.07) is 12.4. The fourth-order valence-corrected chi connectivity index (χ4v) is 5.99. The van der Waals surface area contributed by atoms with Gasteiger partial charge in [0.1, 0.15) is 0 Å². The highest BCUT2D eigenvalue weighted by atomic mass is 16.2. The minimum absolute atomic E-state index is 0.0230. The third-order valence-electron chi connectivity index (χ3n) is 7.84. The summed E-state index contributed by atoms with van der Waals surface area (Å²) in [5, 5.41) is 6.83. The predicted molar refractivity (Wildman–Crippen MR) is 126 cm³/mol. The first-order valence-electron chi connectivity index (χ1n) is 12.0. The molecule has 4 atom stereocenters. The van der Waals surface area contributed by atoms with Crippen LogP contribution < -0.4 is 10.6 Å². The molecule has 2 amide bonds. The molecule has 5 rings (SSSR count). The molecule has 2 saturated heterocycles. The fraction of sp³-hybridized carbons (Fsp3) is 0.481. The van der Waals surface area contributed by atoms with Crippen LogP contribution in [0.2, 0.25) is 0 Å². The van der Waals surface area contributed by atoms with E-state index in [0.717, 1.165) is 66.6 Å². The van der Waals surface area contributed by atoms with Crippen LogP contribution in [0.4, 0.5) is 0 Å². The van der Waals surface area contributed by atoms with Crippen molar-refractivity contribution < 1.29 is 9.59 Å². The monoisotopic (exact) mass is 431 g/mol. The highest BCUT2D eigenvalue weighted by molar-refractivity contribution is 5.98. The molecule has 32 heavy (non-hydrogen) atoms. The van der Waals surface area contributed by atoms with Crippen molar-refractivity contribution in [2.45, 2.75) is 64.6 Å². The predicted octanol–water partition coefficient (Wildman–Crippen LogP) is 3.99. The summed E-state index contributed by atoms with van der Waals surface area (Å²) < 4.78 is 0. The Morgan fingerprint density at radius 1 is 1.22 bits per heavy atom. The van der Waals surface area contributed by atoms with E-state index >= 15 is 0 Å². The van der Waals surface area contributed by atoms with Crippen molar-refractivity contribution in [3.05, 3.63) is 69.8 Å². The van der Waals surface area contributed by atoms with Crippen molar-refractivity contribution in [1.29, 1.82) is 0 Å². The van der Waals surface area contributed by atoms with Gasteiger partial charge in [0.25, 0.3) is 5.91 Å². The van der Waals surface area contributed by atoms with Crippen molar-refractivity contribution in [2.75, 3.05) is 13.1 Å². The summed E-state index contributed by atoms with van der Waals surface area (Å²) in [4.78, 5) is 29.1. The zero-order chi connectivity index (χ0) is 22.4. The molecule has 0 bridgehead atoms. The van der Waals surface area contributed by atoms with E-state index in [9.17, 15) is 9.59 Å². The fourth-order valence-electron chi connectivity index (χ4n) is 5.99. The van der Waals surface area contributed by atoms with Crippen LogP contribution in [0.5, 0.6) is 0 Å². The van der Waals surface area contributed by atoms with Gasteiger partial charge in [-0.25, -0.2) is 0 Å². The topological polar surface area (TPSA) is 61.4 Å². The first kappa shape index (κ1) is 21.2. The van der Waals surface area contributed by atoms with Crippen LogP contribution in [0.15, 0.2) is 36.4 Å². The standard InChI is InChI=1S/C27H33N3O2/c1-16-14-20-11-13-30-23(15-22-21(27(30)32)10-7-12-28-22)25(20)24(17(16)2)26(31)29-18(3)19-8-5-4-6-9-19/h4-6,8-9,14,18,21-23,28H,7,10-13,15H2,1-3H3,(H,29,31)/t18-,21-,22-,23+/m1/s1. The quantitative estimate of drug-likeness (QED) is 0.772. The largest absolute Gasteiger partial charge is 0.346 e. The van der Waals surface area contributed by atoms with Gasteiger partial charge in [0.15, 0.2) is 0 Å². The highest BCUT2D eigenvalue weighted by Crippen LogP contribution is 2.44. The highest BCUT2D eigenvalue weighted by Gasteiger charge is 2.46. The zero-order valence-corrected chi connectivity index (χ0v) is 19.3. The van der Waals surface area contributed by atoms with Crippen LogP contribution in [0.3, 0.4) is 0 Å². The Balaban J connectivity index is 1.53. The van der Waals surface area contributed by atoms with Crippen LogP contribution in [0.1, 0.15) is 76.4 Å². The second-order valence-electron chi connectivity index (χ2n) is 9.71. The molecule has 168 valence electrons. The Hall–Kier alpha value is -2.66. The van der Waals surface area contributed by atoms with E-state index in [-0.39, 0.29) is 35.9 Å². The van der Waals surface area contributed by atoms with Crippen molar-refractivity contribution >= 4 is 11.8 Å². The maximum atomic E-state index is 13.7. The molecule has 0 unspecified atom stereocenters. The third kappa shape index (κ3) is 3.53. The van der Waals surface area contributed by atoms with E-state index < -0.39 is 0 Å². The summed E-state index contributed by atoms with van der Waals surface area (Å²) in [5.74, 6) is 0.321. The number of hydrogen-bond acceptors (Lipinski definition) is 3. The second kappa shape index (κ2) is 8.36. The average molecular weight is 432 g/mol. The molecular weight excluding hydrogens is 398 g/mol. The molecule has 2 aromatic carbocycles. The molecule has 0 aromatic heterocycles. The number of nitrogens with zero attached hydrogens (tertiary/aromatic N) is 1. The van der Waals surface area contributed by atoms with Crippen LogP contribution in [-0.4, -0.2) is 35.8 Å². The number of carbonyl (C=O) groups is 2. The first-order chi connectivity index (χ1) is 15.5. The normalized spacial score (nSPS) is 25.4. The van der Waals surface area contributed by atoms with Gasteiger partial charge in [0, 0.05) is 18.2 Å². The van der Waals surface area contributed by atoms with Gasteiger partial charge in [-0.05, 0) is 80.8 Å². The van der Waals surface area contributed by atoms with E-state index in [1.807, 2.05) is 44.2 Å². The van der Waals surface area contributed by atoms with Crippen LogP contribution >= 0.6 is 0 Å². The number of nitrogens with one attached hydrogen (secondary N) is 2. The number of carbonyl (C=O) groups excluding carboxylic acids is 2. The lowest BCUT2D eigenvalue weighted by Gasteiger charge is -2.49. The van der Waals surface area contributed by atoms with Gasteiger partial charge >= 0.3 is 0 Å². The number of rotatable bonds is 3.